The minimum atomic E-state index is 0.342. The summed E-state index contributed by atoms with van der Waals surface area (Å²) < 4.78 is 11.1. The fourth-order valence-electron chi connectivity index (χ4n) is 3.27. The first-order valence-corrected chi connectivity index (χ1v) is 8.44. The van der Waals surface area contributed by atoms with Gasteiger partial charge in [-0.05, 0) is 56.1 Å². The van der Waals surface area contributed by atoms with Crippen LogP contribution in [0.15, 0.2) is 51.5 Å². The Morgan fingerprint density at radius 3 is 2.67 bits per heavy atom. The molecule has 124 valence electrons. The van der Waals surface area contributed by atoms with Crippen LogP contribution in [0.1, 0.15) is 35.8 Å². The topological polar surface area (TPSA) is 55.3 Å². The Morgan fingerprint density at radius 1 is 1.08 bits per heavy atom. The summed E-state index contributed by atoms with van der Waals surface area (Å²) >= 11 is 0. The van der Waals surface area contributed by atoms with Gasteiger partial charge >= 0.3 is 0 Å². The van der Waals surface area contributed by atoms with Crippen molar-refractivity contribution in [1.29, 1.82) is 0 Å². The summed E-state index contributed by atoms with van der Waals surface area (Å²) in [6, 6.07) is 12.3. The molecule has 24 heavy (non-hydrogen) atoms. The largest absolute Gasteiger partial charge is 0.459 e. The minimum Gasteiger partial charge on any atom is -0.459 e. The molecule has 3 aromatic rings. The lowest BCUT2D eigenvalue weighted by atomic mass is 9.96. The van der Waals surface area contributed by atoms with Crippen LogP contribution in [0.2, 0.25) is 0 Å². The van der Waals surface area contributed by atoms with Gasteiger partial charge in [0.1, 0.15) is 0 Å². The lowest BCUT2D eigenvalue weighted by Crippen LogP contribution is -2.32. The molecule has 5 nitrogen and oxygen atoms in total. The molecule has 0 aliphatic carbocycles. The van der Waals surface area contributed by atoms with Crippen LogP contribution in [0.25, 0.3) is 11.7 Å². The van der Waals surface area contributed by atoms with Gasteiger partial charge in [-0.15, -0.1) is 10.2 Å². The van der Waals surface area contributed by atoms with E-state index in [2.05, 4.69) is 46.3 Å². The summed E-state index contributed by atoms with van der Waals surface area (Å²) in [4.78, 5) is 2.50. The van der Waals surface area contributed by atoms with Crippen molar-refractivity contribution in [2.24, 2.45) is 0 Å². The van der Waals surface area contributed by atoms with Crippen LogP contribution in [0.4, 0.5) is 0 Å². The fraction of sp³-hybridized carbons (Fsp3) is 0.368. The van der Waals surface area contributed by atoms with Crippen LogP contribution in [0.3, 0.4) is 0 Å². The zero-order valence-corrected chi connectivity index (χ0v) is 13.8. The Balaban J connectivity index is 1.37. The monoisotopic (exact) mass is 323 g/mol. The number of likely N-dealkylation sites (tertiary alicyclic amines) is 1. The van der Waals surface area contributed by atoms with Crippen LogP contribution in [-0.2, 0) is 6.54 Å². The Labute approximate surface area is 141 Å². The molecule has 1 fully saturated rings. The Hall–Kier alpha value is -2.40. The number of piperidine rings is 1. The molecule has 3 heterocycles. The summed E-state index contributed by atoms with van der Waals surface area (Å²) in [6.45, 7) is 5.30. The average Bonchev–Trinajstić information content (AvgIpc) is 3.29. The molecule has 0 atom stereocenters. The van der Waals surface area contributed by atoms with Crippen molar-refractivity contribution < 1.29 is 8.83 Å². The maximum atomic E-state index is 5.81. The van der Waals surface area contributed by atoms with Gasteiger partial charge in [-0.2, -0.15) is 0 Å². The van der Waals surface area contributed by atoms with Gasteiger partial charge in [0.05, 0.1) is 6.26 Å². The van der Waals surface area contributed by atoms with Gasteiger partial charge in [-0.3, -0.25) is 4.90 Å². The third-order valence-electron chi connectivity index (χ3n) is 4.76. The van der Waals surface area contributed by atoms with Crippen LogP contribution in [0, 0.1) is 6.92 Å². The molecule has 2 aromatic heterocycles. The highest BCUT2D eigenvalue weighted by molar-refractivity contribution is 5.42. The van der Waals surface area contributed by atoms with E-state index in [1.807, 2.05) is 12.1 Å². The van der Waals surface area contributed by atoms with E-state index in [1.54, 1.807) is 6.26 Å². The predicted molar refractivity (Wildman–Crippen MR) is 90.4 cm³/mol. The molecule has 0 saturated carbocycles. The number of furan rings is 1. The molecule has 1 aliphatic rings. The minimum absolute atomic E-state index is 0.342. The molecule has 0 spiro atoms. The van der Waals surface area contributed by atoms with Crippen molar-refractivity contribution in [3.05, 3.63) is 59.7 Å². The number of hydrogen-bond donors (Lipinski definition) is 0. The lowest BCUT2D eigenvalue weighted by Gasteiger charge is -2.30. The molecule has 0 bridgehead atoms. The van der Waals surface area contributed by atoms with Gasteiger partial charge in [-0.1, -0.05) is 24.3 Å². The van der Waals surface area contributed by atoms with E-state index < -0.39 is 0 Å². The van der Waals surface area contributed by atoms with E-state index in [9.17, 15) is 0 Å². The number of benzene rings is 1. The van der Waals surface area contributed by atoms with Gasteiger partial charge < -0.3 is 8.83 Å². The van der Waals surface area contributed by atoms with Crippen LogP contribution in [0.5, 0.6) is 0 Å². The van der Waals surface area contributed by atoms with Gasteiger partial charge in [-0.25, -0.2) is 0 Å². The molecule has 0 radical (unpaired) electrons. The highest BCUT2D eigenvalue weighted by atomic mass is 16.4. The third-order valence-corrected chi connectivity index (χ3v) is 4.76. The Morgan fingerprint density at radius 2 is 1.92 bits per heavy atom. The predicted octanol–water partition coefficient (Wildman–Crippen LogP) is 4.02. The maximum absolute atomic E-state index is 5.81. The van der Waals surface area contributed by atoms with E-state index >= 15 is 0 Å². The molecule has 5 heteroatoms. The van der Waals surface area contributed by atoms with E-state index in [1.165, 1.54) is 11.1 Å². The highest BCUT2D eigenvalue weighted by Gasteiger charge is 2.25. The number of nitrogens with zero attached hydrogens (tertiary/aromatic N) is 3. The fourth-order valence-corrected chi connectivity index (χ4v) is 3.27. The lowest BCUT2D eigenvalue weighted by molar-refractivity contribution is 0.193. The molecule has 0 unspecified atom stereocenters. The average molecular weight is 323 g/mol. The standard InChI is InChI=1S/C19H21N3O2/c1-14-5-2-3-6-16(14)13-22-10-8-15(9-11-22)18-20-21-19(24-18)17-7-4-12-23-17/h2-7,12,15H,8-11,13H2,1H3. The molecule has 1 aliphatic heterocycles. The molecule has 0 amide bonds. The number of aromatic nitrogens is 2. The first-order chi connectivity index (χ1) is 11.8. The summed E-state index contributed by atoms with van der Waals surface area (Å²) in [5.41, 5.74) is 2.77. The number of hydrogen-bond acceptors (Lipinski definition) is 5. The van der Waals surface area contributed by atoms with Crippen molar-refractivity contribution in [2.75, 3.05) is 13.1 Å². The van der Waals surface area contributed by atoms with E-state index in [0.717, 1.165) is 38.4 Å². The SMILES string of the molecule is Cc1ccccc1CN1CCC(c2nnc(-c3ccco3)o2)CC1. The highest BCUT2D eigenvalue weighted by Crippen LogP contribution is 2.30. The smallest absolute Gasteiger partial charge is 0.283 e. The van der Waals surface area contributed by atoms with Crippen molar-refractivity contribution in [2.45, 2.75) is 32.2 Å². The molecule has 4 rings (SSSR count). The van der Waals surface area contributed by atoms with Crippen molar-refractivity contribution in [1.82, 2.24) is 15.1 Å². The van der Waals surface area contributed by atoms with Gasteiger partial charge in [0.2, 0.25) is 5.89 Å². The number of rotatable bonds is 4. The van der Waals surface area contributed by atoms with Crippen molar-refractivity contribution >= 4 is 0 Å². The second kappa shape index (κ2) is 6.61. The zero-order valence-electron chi connectivity index (χ0n) is 13.8. The molecular formula is C19H21N3O2. The van der Waals surface area contributed by atoms with Gasteiger partial charge in [0.25, 0.3) is 5.89 Å². The zero-order chi connectivity index (χ0) is 16.4. The Bertz CT molecular complexity index is 787. The summed E-state index contributed by atoms with van der Waals surface area (Å²) in [5.74, 6) is 2.18. The quantitative estimate of drug-likeness (QED) is 0.726. The van der Waals surface area contributed by atoms with E-state index in [-0.39, 0.29) is 0 Å². The van der Waals surface area contributed by atoms with Gasteiger partial charge in [0, 0.05) is 12.5 Å². The van der Waals surface area contributed by atoms with Crippen LogP contribution in [-0.4, -0.2) is 28.2 Å². The third kappa shape index (κ3) is 3.12. The molecule has 1 aromatic carbocycles. The van der Waals surface area contributed by atoms with Crippen LogP contribution >= 0.6 is 0 Å². The number of aryl methyl sites for hydroxylation is 1. The van der Waals surface area contributed by atoms with E-state index in [0.29, 0.717) is 17.6 Å². The molecular weight excluding hydrogens is 302 g/mol. The first kappa shape index (κ1) is 15.1. The van der Waals surface area contributed by atoms with E-state index in [4.69, 9.17) is 8.83 Å². The molecule has 1 saturated heterocycles. The first-order valence-electron chi connectivity index (χ1n) is 8.44. The Kier molecular flexibility index (Phi) is 4.17. The van der Waals surface area contributed by atoms with Crippen molar-refractivity contribution in [3.63, 3.8) is 0 Å². The normalized spacial score (nSPS) is 16.5. The summed E-state index contributed by atoms with van der Waals surface area (Å²) in [6.07, 6.45) is 3.71. The van der Waals surface area contributed by atoms with Crippen molar-refractivity contribution in [3.8, 4) is 11.7 Å². The maximum Gasteiger partial charge on any atom is 0.283 e. The van der Waals surface area contributed by atoms with Crippen LogP contribution < -0.4 is 0 Å². The summed E-state index contributed by atoms with van der Waals surface area (Å²) in [5, 5.41) is 8.33. The van der Waals surface area contributed by atoms with Gasteiger partial charge in [0.15, 0.2) is 5.76 Å². The second-order valence-corrected chi connectivity index (χ2v) is 6.40. The second-order valence-electron chi connectivity index (χ2n) is 6.40. The summed E-state index contributed by atoms with van der Waals surface area (Å²) in [7, 11) is 0. The molecule has 0 N–H and O–H groups in total.